The molecule has 2 aromatic rings. The van der Waals surface area contributed by atoms with Gasteiger partial charge in [0, 0.05) is 6.42 Å². The number of hydrogen-bond acceptors (Lipinski definition) is 6. The molecular formula is C15H18N4O5. The molecule has 0 spiro atoms. The summed E-state index contributed by atoms with van der Waals surface area (Å²) in [7, 11) is 3.11. The van der Waals surface area contributed by atoms with Crippen LogP contribution in [0.3, 0.4) is 0 Å². The van der Waals surface area contributed by atoms with E-state index in [-0.39, 0.29) is 24.7 Å². The number of hydrogen-bond donors (Lipinski definition) is 2. The minimum absolute atomic E-state index is 0.216. The minimum atomic E-state index is -1.06. The van der Waals surface area contributed by atoms with E-state index in [9.17, 15) is 9.59 Å². The third-order valence-corrected chi connectivity index (χ3v) is 3.17. The topological polar surface area (TPSA) is 116 Å². The van der Waals surface area contributed by atoms with Gasteiger partial charge in [-0.15, -0.1) is 5.10 Å². The Morgan fingerprint density at radius 3 is 2.67 bits per heavy atom. The maximum absolute atomic E-state index is 11.9. The van der Waals surface area contributed by atoms with Crippen molar-refractivity contribution in [2.75, 3.05) is 19.5 Å². The number of carbonyl (C=O) groups is 2. The molecule has 0 radical (unpaired) electrons. The maximum Gasteiger partial charge on any atom is 0.327 e. The highest BCUT2D eigenvalue weighted by Crippen LogP contribution is 2.27. The quantitative estimate of drug-likeness (QED) is 0.738. The lowest BCUT2D eigenvalue weighted by molar-refractivity contribution is -0.138. The number of amides is 1. The van der Waals surface area contributed by atoms with Gasteiger partial charge < -0.3 is 19.9 Å². The van der Waals surface area contributed by atoms with Crippen molar-refractivity contribution in [3.63, 3.8) is 0 Å². The van der Waals surface area contributed by atoms with E-state index >= 15 is 0 Å². The van der Waals surface area contributed by atoms with Crippen molar-refractivity contribution in [2.45, 2.75) is 19.4 Å². The number of aryl methyl sites for hydroxylation is 1. The van der Waals surface area contributed by atoms with Crippen molar-refractivity contribution in [1.29, 1.82) is 0 Å². The van der Waals surface area contributed by atoms with Gasteiger partial charge in [-0.05, 0) is 24.1 Å². The summed E-state index contributed by atoms with van der Waals surface area (Å²) in [5.74, 6) is 0.144. The molecule has 0 aliphatic heterocycles. The number of anilines is 1. The molecule has 24 heavy (non-hydrogen) atoms. The lowest BCUT2D eigenvalue weighted by Crippen LogP contribution is -2.14. The third-order valence-electron chi connectivity index (χ3n) is 3.17. The summed E-state index contributed by atoms with van der Waals surface area (Å²) in [6.45, 7) is -0.360. The fourth-order valence-corrected chi connectivity index (χ4v) is 2.05. The highest BCUT2D eigenvalue weighted by Gasteiger charge is 2.10. The number of nitrogens with zero attached hydrogens (tertiary/aromatic N) is 3. The summed E-state index contributed by atoms with van der Waals surface area (Å²) in [6, 6.07) is 5.45. The van der Waals surface area contributed by atoms with Crippen LogP contribution in [0.15, 0.2) is 24.4 Å². The van der Waals surface area contributed by atoms with Gasteiger partial charge in [0.25, 0.3) is 0 Å². The zero-order chi connectivity index (χ0) is 17.5. The molecule has 2 N–H and O–H groups in total. The third kappa shape index (κ3) is 4.70. The number of carboxylic acid groups (broad SMARTS) is 1. The van der Waals surface area contributed by atoms with Crippen molar-refractivity contribution < 1.29 is 24.2 Å². The second-order valence-corrected chi connectivity index (χ2v) is 4.89. The van der Waals surface area contributed by atoms with Crippen molar-refractivity contribution in [3.8, 4) is 11.5 Å². The Hall–Kier alpha value is -3.10. The molecule has 0 saturated carbocycles. The van der Waals surface area contributed by atoms with Crippen molar-refractivity contribution in [3.05, 3.63) is 30.0 Å². The SMILES string of the molecule is COc1ccc(CCC(=O)Nc2cnn(CC(=O)O)n2)cc1OC. The number of ether oxygens (including phenoxy) is 2. The number of nitrogens with one attached hydrogen (secondary N) is 1. The molecule has 0 unspecified atom stereocenters. The molecule has 9 nitrogen and oxygen atoms in total. The number of rotatable bonds is 8. The molecule has 1 amide bonds. The van der Waals surface area contributed by atoms with Crippen molar-refractivity contribution >= 4 is 17.7 Å². The number of carboxylic acids is 1. The highest BCUT2D eigenvalue weighted by atomic mass is 16.5. The van der Waals surface area contributed by atoms with Gasteiger partial charge in [-0.1, -0.05) is 6.07 Å². The zero-order valence-electron chi connectivity index (χ0n) is 13.4. The summed E-state index contributed by atoms with van der Waals surface area (Å²) in [4.78, 5) is 23.5. The molecular weight excluding hydrogens is 316 g/mol. The summed E-state index contributed by atoms with van der Waals surface area (Å²) in [6.07, 6.45) is 2.05. The number of benzene rings is 1. The molecule has 0 aliphatic rings. The number of carbonyl (C=O) groups excluding carboxylic acids is 1. The second-order valence-electron chi connectivity index (χ2n) is 4.89. The van der Waals surface area contributed by atoms with E-state index in [1.54, 1.807) is 20.3 Å². The average molecular weight is 334 g/mol. The maximum atomic E-state index is 11.9. The summed E-state index contributed by atoms with van der Waals surface area (Å²) >= 11 is 0. The van der Waals surface area contributed by atoms with Gasteiger partial charge in [0.05, 0.1) is 20.4 Å². The van der Waals surface area contributed by atoms with Crippen molar-refractivity contribution in [1.82, 2.24) is 15.0 Å². The first-order valence-electron chi connectivity index (χ1n) is 7.14. The fraction of sp³-hybridized carbons (Fsp3) is 0.333. The second kappa shape index (κ2) is 7.95. The van der Waals surface area contributed by atoms with Gasteiger partial charge in [-0.3, -0.25) is 9.59 Å². The fourth-order valence-electron chi connectivity index (χ4n) is 2.05. The van der Waals surface area contributed by atoms with E-state index in [2.05, 4.69) is 15.5 Å². The van der Waals surface area contributed by atoms with E-state index in [1.807, 2.05) is 12.1 Å². The lowest BCUT2D eigenvalue weighted by Gasteiger charge is -2.09. The first-order chi connectivity index (χ1) is 11.5. The van der Waals surface area contributed by atoms with Crippen LogP contribution in [0.2, 0.25) is 0 Å². The van der Waals surface area contributed by atoms with Gasteiger partial charge >= 0.3 is 5.97 Å². The van der Waals surface area contributed by atoms with Gasteiger partial charge in [0.1, 0.15) is 0 Å². The normalized spacial score (nSPS) is 10.2. The van der Waals surface area contributed by atoms with Crippen LogP contribution >= 0.6 is 0 Å². The smallest absolute Gasteiger partial charge is 0.327 e. The van der Waals surface area contributed by atoms with Gasteiger partial charge in [-0.2, -0.15) is 9.90 Å². The molecule has 1 aromatic heterocycles. The monoisotopic (exact) mass is 334 g/mol. The van der Waals surface area contributed by atoms with Crippen molar-refractivity contribution in [2.24, 2.45) is 0 Å². The first-order valence-corrected chi connectivity index (χ1v) is 7.14. The largest absolute Gasteiger partial charge is 0.493 e. The Balaban J connectivity index is 1.89. The van der Waals surface area contributed by atoms with Gasteiger partial charge in [0.15, 0.2) is 23.9 Å². The predicted molar refractivity (Wildman–Crippen MR) is 84.2 cm³/mol. The van der Waals surface area contributed by atoms with Crippen LogP contribution in [0.4, 0.5) is 5.82 Å². The van der Waals surface area contributed by atoms with Crippen LogP contribution < -0.4 is 14.8 Å². The van der Waals surface area contributed by atoms with Crippen LogP contribution in [-0.2, 0) is 22.6 Å². The first kappa shape index (κ1) is 17.3. The molecule has 2 rings (SSSR count). The van der Waals surface area contributed by atoms with Crippen LogP contribution in [0, 0.1) is 0 Å². The standard InChI is InChI=1S/C15H18N4O5/c1-23-11-5-3-10(7-12(11)24-2)4-6-14(20)17-13-8-16-19(18-13)9-15(21)22/h3,5,7-8H,4,6,9H2,1-2H3,(H,21,22)(H,17,18,20). The Kier molecular flexibility index (Phi) is 5.72. The Morgan fingerprint density at radius 1 is 1.25 bits per heavy atom. The summed E-state index contributed by atoms with van der Waals surface area (Å²) in [5, 5.41) is 18.8. The van der Waals surface area contributed by atoms with Crippen LogP contribution in [0.5, 0.6) is 11.5 Å². The Bertz CT molecular complexity index is 728. The van der Waals surface area contributed by atoms with E-state index in [0.29, 0.717) is 17.9 Å². The molecule has 0 atom stereocenters. The van der Waals surface area contributed by atoms with Gasteiger partial charge in [-0.25, -0.2) is 0 Å². The van der Waals surface area contributed by atoms with Crippen LogP contribution in [-0.4, -0.2) is 46.2 Å². The van der Waals surface area contributed by atoms with Gasteiger partial charge in [0.2, 0.25) is 5.91 Å². The Morgan fingerprint density at radius 2 is 2.00 bits per heavy atom. The summed E-state index contributed by atoms with van der Waals surface area (Å²) < 4.78 is 10.4. The highest BCUT2D eigenvalue weighted by molar-refractivity contribution is 5.89. The molecule has 0 saturated heterocycles. The van der Waals surface area contributed by atoms with E-state index in [0.717, 1.165) is 10.4 Å². The van der Waals surface area contributed by atoms with Crippen LogP contribution in [0.1, 0.15) is 12.0 Å². The lowest BCUT2D eigenvalue weighted by atomic mass is 10.1. The molecule has 0 fully saturated rings. The molecule has 0 aliphatic carbocycles. The molecule has 9 heteroatoms. The van der Waals surface area contributed by atoms with E-state index in [4.69, 9.17) is 14.6 Å². The minimum Gasteiger partial charge on any atom is -0.493 e. The van der Waals surface area contributed by atoms with Crippen LogP contribution in [0.25, 0.3) is 0 Å². The predicted octanol–water partition coefficient (Wildman–Crippen LogP) is 0.951. The average Bonchev–Trinajstić information content (AvgIpc) is 2.98. The Labute approximate surface area is 138 Å². The van der Waals surface area contributed by atoms with E-state index in [1.165, 1.54) is 6.20 Å². The molecule has 1 heterocycles. The van der Waals surface area contributed by atoms with E-state index < -0.39 is 5.97 Å². The number of methoxy groups -OCH3 is 2. The molecule has 128 valence electrons. The summed E-state index contributed by atoms with van der Waals surface area (Å²) in [5.41, 5.74) is 0.928. The number of aromatic nitrogens is 3. The molecule has 1 aromatic carbocycles. The molecule has 0 bridgehead atoms. The number of aliphatic carboxylic acids is 1. The zero-order valence-corrected chi connectivity index (χ0v) is 13.4.